The molecule has 13 heavy (non-hydrogen) atoms. The van der Waals surface area contributed by atoms with Crippen LogP contribution in [0.4, 0.5) is 0 Å². The molecule has 0 atom stereocenters. The van der Waals surface area contributed by atoms with Gasteiger partial charge in [0.2, 0.25) is 0 Å². The van der Waals surface area contributed by atoms with Gasteiger partial charge in [0.1, 0.15) is 9.84 Å². The quantitative estimate of drug-likeness (QED) is 0.733. The predicted molar refractivity (Wildman–Crippen MR) is 54.5 cm³/mol. The Labute approximate surface area is 80.8 Å². The molecule has 1 aliphatic heterocycles. The maximum absolute atomic E-state index is 11.0. The number of hydrogen-bond acceptors (Lipinski definition) is 3. The van der Waals surface area contributed by atoms with Gasteiger partial charge >= 0.3 is 0 Å². The van der Waals surface area contributed by atoms with Gasteiger partial charge in [0.25, 0.3) is 0 Å². The van der Waals surface area contributed by atoms with E-state index in [-0.39, 0.29) is 5.41 Å². The number of sulfone groups is 1. The minimum absolute atomic E-state index is 0.239. The van der Waals surface area contributed by atoms with E-state index in [2.05, 4.69) is 19.2 Å². The van der Waals surface area contributed by atoms with Gasteiger partial charge < -0.3 is 5.32 Å². The van der Waals surface area contributed by atoms with Crippen molar-refractivity contribution in [3.05, 3.63) is 0 Å². The van der Waals surface area contributed by atoms with Crippen LogP contribution in [0.2, 0.25) is 0 Å². The Hall–Kier alpha value is -0.0900. The molecule has 0 aromatic rings. The summed E-state index contributed by atoms with van der Waals surface area (Å²) < 4.78 is 22.0. The maximum atomic E-state index is 11.0. The smallest absolute Gasteiger partial charge is 0.147 e. The second-order valence-corrected chi connectivity index (χ2v) is 6.76. The van der Waals surface area contributed by atoms with E-state index in [4.69, 9.17) is 0 Å². The van der Waals surface area contributed by atoms with E-state index in [1.165, 1.54) is 6.26 Å². The number of hydrogen-bond donors (Lipinski definition) is 1. The minimum Gasteiger partial charge on any atom is -0.316 e. The molecule has 0 aliphatic carbocycles. The number of nitrogens with one attached hydrogen (secondary N) is 1. The van der Waals surface area contributed by atoms with Crippen LogP contribution in [0.15, 0.2) is 0 Å². The largest absolute Gasteiger partial charge is 0.316 e. The molecule has 1 rings (SSSR count). The van der Waals surface area contributed by atoms with Crippen molar-refractivity contribution in [2.24, 2.45) is 11.3 Å². The molecule has 3 nitrogen and oxygen atoms in total. The summed E-state index contributed by atoms with van der Waals surface area (Å²) in [5.41, 5.74) is 0.239. The van der Waals surface area contributed by atoms with Gasteiger partial charge in [-0.1, -0.05) is 13.8 Å². The average molecular weight is 205 g/mol. The van der Waals surface area contributed by atoms with Gasteiger partial charge in [-0.05, 0) is 17.8 Å². The topological polar surface area (TPSA) is 46.2 Å². The fourth-order valence-electron chi connectivity index (χ4n) is 1.71. The summed E-state index contributed by atoms with van der Waals surface area (Å²) in [5.74, 6) is 0.892. The molecular weight excluding hydrogens is 186 g/mol. The Kier molecular flexibility index (Phi) is 3.02. The van der Waals surface area contributed by atoms with Crippen LogP contribution in [0.25, 0.3) is 0 Å². The second kappa shape index (κ2) is 3.58. The van der Waals surface area contributed by atoms with Crippen LogP contribution < -0.4 is 5.32 Å². The summed E-state index contributed by atoms with van der Waals surface area (Å²) in [5, 5.41) is 3.22. The SMILES string of the molecule is CC(C)C1(CCS(C)(=O)=O)CNC1. The molecule has 0 spiro atoms. The zero-order valence-corrected chi connectivity index (χ0v) is 9.45. The standard InChI is InChI=1S/C9H19NO2S/c1-8(2)9(6-10-7-9)4-5-13(3,11)12/h8,10H,4-7H2,1-3H3. The Morgan fingerprint density at radius 2 is 1.92 bits per heavy atom. The lowest BCUT2D eigenvalue weighted by Gasteiger charge is -2.46. The Bertz CT molecular complexity index is 265. The summed E-state index contributed by atoms with van der Waals surface area (Å²) >= 11 is 0. The van der Waals surface area contributed by atoms with Crippen molar-refractivity contribution in [3.63, 3.8) is 0 Å². The Morgan fingerprint density at radius 1 is 1.38 bits per heavy atom. The average Bonchev–Trinajstić information content (AvgIpc) is 1.80. The Morgan fingerprint density at radius 3 is 2.15 bits per heavy atom. The summed E-state index contributed by atoms with van der Waals surface area (Å²) in [6, 6.07) is 0. The fraction of sp³-hybridized carbons (Fsp3) is 1.00. The van der Waals surface area contributed by atoms with Crippen molar-refractivity contribution >= 4 is 9.84 Å². The van der Waals surface area contributed by atoms with Crippen LogP contribution in [0, 0.1) is 11.3 Å². The van der Waals surface area contributed by atoms with Crippen molar-refractivity contribution in [2.75, 3.05) is 25.1 Å². The first-order chi connectivity index (χ1) is 5.86. The van der Waals surface area contributed by atoms with E-state index in [1.54, 1.807) is 0 Å². The van der Waals surface area contributed by atoms with Crippen LogP contribution in [-0.4, -0.2) is 33.5 Å². The molecule has 0 bridgehead atoms. The first-order valence-corrected chi connectivity index (χ1v) is 6.80. The van der Waals surface area contributed by atoms with Crippen molar-refractivity contribution in [1.82, 2.24) is 5.32 Å². The monoisotopic (exact) mass is 205 g/mol. The highest BCUT2D eigenvalue weighted by atomic mass is 32.2. The molecule has 1 heterocycles. The Balaban J connectivity index is 2.51. The maximum Gasteiger partial charge on any atom is 0.147 e. The molecule has 1 saturated heterocycles. The molecular formula is C9H19NO2S. The van der Waals surface area contributed by atoms with E-state index in [9.17, 15) is 8.42 Å². The van der Waals surface area contributed by atoms with Gasteiger partial charge in [-0.25, -0.2) is 8.42 Å². The highest BCUT2D eigenvalue weighted by Crippen LogP contribution is 2.35. The zero-order chi connectivity index (χ0) is 10.1. The molecule has 0 aromatic heterocycles. The fourth-order valence-corrected chi connectivity index (χ4v) is 2.49. The first-order valence-electron chi connectivity index (χ1n) is 4.74. The molecule has 4 heteroatoms. The molecule has 0 saturated carbocycles. The molecule has 1 aliphatic rings. The lowest BCUT2D eigenvalue weighted by Crippen LogP contribution is -2.57. The summed E-state index contributed by atoms with van der Waals surface area (Å²) in [7, 11) is -2.79. The van der Waals surface area contributed by atoms with Gasteiger partial charge in [0, 0.05) is 19.3 Å². The van der Waals surface area contributed by atoms with E-state index in [1.807, 2.05) is 0 Å². The van der Waals surface area contributed by atoms with Gasteiger partial charge in [0.05, 0.1) is 5.75 Å². The third-order valence-corrected chi connectivity index (χ3v) is 4.10. The van der Waals surface area contributed by atoms with Crippen molar-refractivity contribution in [1.29, 1.82) is 0 Å². The molecule has 1 N–H and O–H groups in total. The molecule has 1 fully saturated rings. The van der Waals surface area contributed by atoms with Gasteiger partial charge in [0.15, 0.2) is 0 Å². The highest BCUT2D eigenvalue weighted by Gasteiger charge is 2.39. The van der Waals surface area contributed by atoms with Crippen LogP contribution in [0.3, 0.4) is 0 Å². The van der Waals surface area contributed by atoms with Crippen molar-refractivity contribution < 1.29 is 8.42 Å². The molecule has 0 unspecified atom stereocenters. The minimum atomic E-state index is -2.79. The normalized spacial score (nSPS) is 21.5. The van der Waals surface area contributed by atoms with E-state index < -0.39 is 9.84 Å². The number of rotatable bonds is 4. The van der Waals surface area contributed by atoms with Gasteiger partial charge in [-0.2, -0.15) is 0 Å². The lowest BCUT2D eigenvalue weighted by atomic mass is 9.70. The van der Waals surface area contributed by atoms with Crippen molar-refractivity contribution in [3.8, 4) is 0 Å². The van der Waals surface area contributed by atoms with Crippen LogP contribution in [0.1, 0.15) is 20.3 Å². The lowest BCUT2D eigenvalue weighted by molar-refractivity contribution is 0.0950. The first kappa shape index (κ1) is 11.0. The van der Waals surface area contributed by atoms with Gasteiger partial charge in [-0.15, -0.1) is 0 Å². The predicted octanol–water partition coefficient (Wildman–Crippen LogP) is 0.667. The van der Waals surface area contributed by atoms with Crippen LogP contribution in [-0.2, 0) is 9.84 Å². The summed E-state index contributed by atoms with van der Waals surface area (Å²) in [4.78, 5) is 0. The highest BCUT2D eigenvalue weighted by molar-refractivity contribution is 7.90. The zero-order valence-electron chi connectivity index (χ0n) is 8.63. The third kappa shape index (κ3) is 2.68. The molecule has 0 radical (unpaired) electrons. The van der Waals surface area contributed by atoms with E-state index in [0.717, 1.165) is 19.5 Å². The van der Waals surface area contributed by atoms with Crippen LogP contribution >= 0.6 is 0 Å². The van der Waals surface area contributed by atoms with Crippen LogP contribution in [0.5, 0.6) is 0 Å². The third-order valence-electron chi connectivity index (χ3n) is 3.15. The summed E-state index contributed by atoms with van der Waals surface area (Å²) in [6.45, 7) is 6.28. The summed E-state index contributed by atoms with van der Waals surface area (Å²) in [6.07, 6.45) is 2.11. The molecule has 0 aromatic carbocycles. The molecule has 0 amide bonds. The molecule has 78 valence electrons. The van der Waals surface area contributed by atoms with Gasteiger partial charge in [-0.3, -0.25) is 0 Å². The van der Waals surface area contributed by atoms with E-state index >= 15 is 0 Å². The second-order valence-electron chi connectivity index (χ2n) is 4.50. The van der Waals surface area contributed by atoms with E-state index in [0.29, 0.717) is 11.7 Å². The van der Waals surface area contributed by atoms with Crippen molar-refractivity contribution in [2.45, 2.75) is 20.3 Å².